The van der Waals surface area contributed by atoms with Gasteiger partial charge in [0, 0.05) is 31.6 Å². The highest BCUT2D eigenvalue weighted by atomic mass is 16.3. The van der Waals surface area contributed by atoms with Crippen molar-refractivity contribution in [2.45, 2.75) is 31.9 Å². The normalized spacial score (nSPS) is 32.5. The van der Waals surface area contributed by atoms with Gasteiger partial charge in [0.05, 0.1) is 6.10 Å². The molecule has 0 spiro atoms. The van der Waals surface area contributed by atoms with Gasteiger partial charge in [0.1, 0.15) is 0 Å². The molecule has 4 unspecified atom stereocenters. The Labute approximate surface area is 115 Å². The molecule has 1 aliphatic carbocycles. The molecule has 1 aliphatic heterocycles. The zero-order valence-electron chi connectivity index (χ0n) is 11.6. The highest BCUT2D eigenvalue weighted by molar-refractivity contribution is 5.25. The van der Waals surface area contributed by atoms with Crippen LogP contribution in [0.15, 0.2) is 24.3 Å². The Morgan fingerprint density at radius 1 is 1.26 bits per heavy atom. The number of aliphatic hydroxyl groups is 1. The molecule has 104 valence electrons. The van der Waals surface area contributed by atoms with Gasteiger partial charge in [-0.15, -0.1) is 0 Å². The van der Waals surface area contributed by atoms with E-state index >= 15 is 0 Å². The van der Waals surface area contributed by atoms with Crippen LogP contribution in [0, 0.1) is 18.8 Å². The standard InChI is InChI=1S/C16H24N2O/c1-11-2-4-12(5-3-11)15(8-17)18-9-13-6-7-16(19)14(13)10-18/h2-5,13-16,19H,6-10,17H2,1H3. The quantitative estimate of drug-likeness (QED) is 0.869. The smallest absolute Gasteiger partial charge is 0.0583 e. The third-order valence-corrected chi connectivity index (χ3v) is 4.97. The molecule has 19 heavy (non-hydrogen) atoms. The number of rotatable bonds is 3. The predicted molar refractivity (Wildman–Crippen MR) is 76.8 cm³/mol. The van der Waals surface area contributed by atoms with E-state index in [9.17, 15) is 5.11 Å². The van der Waals surface area contributed by atoms with Crippen LogP contribution >= 0.6 is 0 Å². The summed E-state index contributed by atoms with van der Waals surface area (Å²) in [7, 11) is 0. The fourth-order valence-electron chi connectivity index (χ4n) is 3.81. The van der Waals surface area contributed by atoms with E-state index in [0.29, 0.717) is 24.4 Å². The third-order valence-electron chi connectivity index (χ3n) is 4.97. The Morgan fingerprint density at radius 2 is 2.00 bits per heavy atom. The van der Waals surface area contributed by atoms with E-state index in [0.717, 1.165) is 19.5 Å². The molecule has 0 aromatic heterocycles. The van der Waals surface area contributed by atoms with Crippen molar-refractivity contribution in [3.8, 4) is 0 Å². The molecule has 3 rings (SSSR count). The van der Waals surface area contributed by atoms with Crippen LogP contribution < -0.4 is 5.73 Å². The summed E-state index contributed by atoms with van der Waals surface area (Å²) in [6.45, 7) is 4.86. The van der Waals surface area contributed by atoms with Crippen LogP contribution in [0.3, 0.4) is 0 Å². The Kier molecular flexibility index (Phi) is 3.61. The van der Waals surface area contributed by atoms with E-state index in [4.69, 9.17) is 5.73 Å². The summed E-state index contributed by atoms with van der Waals surface area (Å²) in [5.74, 6) is 1.15. The molecule has 2 fully saturated rings. The van der Waals surface area contributed by atoms with Gasteiger partial charge in [-0.1, -0.05) is 29.8 Å². The summed E-state index contributed by atoms with van der Waals surface area (Å²) in [4.78, 5) is 2.47. The van der Waals surface area contributed by atoms with Crippen LogP contribution in [0.5, 0.6) is 0 Å². The van der Waals surface area contributed by atoms with Crippen molar-refractivity contribution in [3.63, 3.8) is 0 Å². The minimum absolute atomic E-state index is 0.0913. The van der Waals surface area contributed by atoms with Gasteiger partial charge in [-0.25, -0.2) is 0 Å². The number of nitrogens with two attached hydrogens (primary N) is 1. The average molecular weight is 260 g/mol. The summed E-state index contributed by atoms with van der Waals surface area (Å²) in [5, 5.41) is 10.0. The van der Waals surface area contributed by atoms with Gasteiger partial charge in [-0.3, -0.25) is 4.90 Å². The van der Waals surface area contributed by atoms with Crippen LogP contribution in [-0.2, 0) is 0 Å². The molecule has 1 heterocycles. The van der Waals surface area contributed by atoms with Gasteiger partial charge in [0.15, 0.2) is 0 Å². The Balaban J connectivity index is 1.75. The van der Waals surface area contributed by atoms with E-state index < -0.39 is 0 Å². The number of likely N-dealkylation sites (tertiary alicyclic amines) is 1. The number of hydrogen-bond donors (Lipinski definition) is 2. The first kappa shape index (κ1) is 13.1. The molecule has 1 aromatic rings. The van der Waals surface area contributed by atoms with E-state index in [2.05, 4.69) is 36.1 Å². The minimum atomic E-state index is -0.0913. The minimum Gasteiger partial charge on any atom is -0.393 e. The highest BCUT2D eigenvalue weighted by Gasteiger charge is 2.43. The number of aliphatic hydroxyl groups excluding tert-OH is 1. The van der Waals surface area contributed by atoms with Crippen molar-refractivity contribution in [1.82, 2.24) is 4.90 Å². The Hall–Kier alpha value is -0.900. The van der Waals surface area contributed by atoms with Crippen LogP contribution in [0.25, 0.3) is 0 Å². The van der Waals surface area contributed by atoms with Gasteiger partial charge in [0.2, 0.25) is 0 Å². The molecule has 4 atom stereocenters. The van der Waals surface area contributed by atoms with E-state index in [1.165, 1.54) is 17.5 Å². The molecule has 2 aliphatic rings. The number of nitrogens with zero attached hydrogens (tertiary/aromatic N) is 1. The highest BCUT2D eigenvalue weighted by Crippen LogP contribution is 2.40. The van der Waals surface area contributed by atoms with Crippen molar-refractivity contribution in [2.24, 2.45) is 17.6 Å². The molecule has 0 bridgehead atoms. The lowest BCUT2D eigenvalue weighted by Gasteiger charge is -2.28. The van der Waals surface area contributed by atoms with Gasteiger partial charge in [-0.05, 0) is 31.2 Å². The maximum Gasteiger partial charge on any atom is 0.0583 e. The molecule has 3 nitrogen and oxygen atoms in total. The molecule has 1 aromatic carbocycles. The van der Waals surface area contributed by atoms with E-state index in [-0.39, 0.29) is 6.10 Å². The molecular formula is C16H24N2O. The number of hydrogen-bond acceptors (Lipinski definition) is 3. The van der Waals surface area contributed by atoms with Crippen molar-refractivity contribution >= 4 is 0 Å². The average Bonchev–Trinajstić information content (AvgIpc) is 2.96. The first-order valence-electron chi connectivity index (χ1n) is 7.38. The van der Waals surface area contributed by atoms with Crippen molar-refractivity contribution in [1.29, 1.82) is 0 Å². The van der Waals surface area contributed by atoms with Crippen LogP contribution in [0.4, 0.5) is 0 Å². The predicted octanol–water partition coefficient (Wildman–Crippen LogP) is 1.70. The SMILES string of the molecule is Cc1ccc(C(CN)N2CC3CCC(O)C3C2)cc1. The first-order valence-corrected chi connectivity index (χ1v) is 7.38. The summed E-state index contributed by atoms with van der Waals surface area (Å²) >= 11 is 0. The zero-order valence-corrected chi connectivity index (χ0v) is 11.6. The van der Waals surface area contributed by atoms with Gasteiger partial charge in [-0.2, -0.15) is 0 Å². The summed E-state index contributed by atoms with van der Waals surface area (Å²) < 4.78 is 0. The van der Waals surface area contributed by atoms with E-state index in [1.807, 2.05) is 0 Å². The number of aryl methyl sites for hydroxylation is 1. The van der Waals surface area contributed by atoms with Crippen LogP contribution in [0.2, 0.25) is 0 Å². The molecular weight excluding hydrogens is 236 g/mol. The van der Waals surface area contributed by atoms with Crippen LogP contribution in [-0.4, -0.2) is 35.7 Å². The molecule has 0 radical (unpaired) electrons. The lowest BCUT2D eigenvalue weighted by molar-refractivity contribution is 0.118. The molecule has 3 N–H and O–H groups in total. The maximum atomic E-state index is 10.0. The second kappa shape index (κ2) is 5.23. The Bertz CT molecular complexity index is 431. The largest absolute Gasteiger partial charge is 0.393 e. The molecule has 3 heteroatoms. The number of benzene rings is 1. The fraction of sp³-hybridized carbons (Fsp3) is 0.625. The second-order valence-corrected chi connectivity index (χ2v) is 6.18. The topological polar surface area (TPSA) is 49.5 Å². The second-order valence-electron chi connectivity index (χ2n) is 6.18. The lowest BCUT2D eigenvalue weighted by Crippen LogP contribution is -2.33. The first-order chi connectivity index (χ1) is 9.19. The number of fused-ring (bicyclic) bond motifs is 1. The van der Waals surface area contributed by atoms with E-state index in [1.54, 1.807) is 0 Å². The summed E-state index contributed by atoms with van der Waals surface area (Å²) in [6, 6.07) is 9.00. The molecule has 1 saturated carbocycles. The van der Waals surface area contributed by atoms with Gasteiger partial charge >= 0.3 is 0 Å². The van der Waals surface area contributed by atoms with Crippen molar-refractivity contribution in [3.05, 3.63) is 35.4 Å². The van der Waals surface area contributed by atoms with Gasteiger partial charge in [0.25, 0.3) is 0 Å². The lowest BCUT2D eigenvalue weighted by atomic mass is 10.00. The Morgan fingerprint density at radius 3 is 2.63 bits per heavy atom. The zero-order chi connectivity index (χ0) is 13.4. The van der Waals surface area contributed by atoms with Crippen LogP contribution in [0.1, 0.15) is 30.0 Å². The molecule has 1 saturated heterocycles. The monoisotopic (exact) mass is 260 g/mol. The maximum absolute atomic E-state index is 10.0. The summed E-state index contributed by atoms with van der Waals surface area (Å²) in [6.07, 6.45) is 2.07. The summed E-state index contributed by atoms with van der Waals surface area (Å²) in [5.41, 5.74) is 8.60. The van der Waals surface area contributed by atoms with Crippen molar-refractivity contribution in [2.75, 3.05) is 19.6 Å². The molecule has 0 amide bonds. The third kappa shape index (κ3) is 2.42. The fourth-order valence-corrected chi connectivity index (χ4v) is 3.81. The van der Waals surface area contributed by atoms with Crippen molar-refractivity contribution < 1.29 is 5.11 Å². The van der Waals surface area contributed by atoms with Gasteiger partial charge < -0.3 is 10.8 Å².